The van der Waals surface area contributed by atoms with Gasteiger partial charge in [-0.2, -0.15) is 0 Å². The highest BCUT2D eigenvalue weighted by Gasteiger charge is 2.23. The third kappa shape index (κ3) is 3.35. The zero-order valence-electron chi connectivity index (χ0n) is 10.2. The van der Waals surface area contributed by atoms with Gasteiger partial charge in [-0.15, -0.1) is 12.8 Å². The Hall–Kier alpha value is -1.75. The number of hydrogen-bond acceptors (Lipinski definition) is 2. The standard InChI is InChI=1S/C13H16O2.C2H2/c1-15-11-8-6-10(7-9-11)12-4-2-3-5-13(12)14;1-2/h6-9,12H,2-5H2,1H3;1-2H. The lowest BCUT2D eigenvalue weighted by atomic mass is 9.83. The van der Waals surface area contributed by atoms with Gasteiger partial charge in [0.15, 0.2) is 0 Å². The molecule has 0 heterocycles. The molecule has 0 saturated heterocycles. The first kappa shape index (κ1) is 13.3. The number of hydrogen-bond donors (Lipinski definition) is 0. The second-order valence-corrected chi connectivity index (χ2v) is 4.04. The number of terminal acetylenes is 1. The van der Waals surface area contributed by atoms with Crippen molar-refractivity contribution in [3.63, 3.8) is 0 Å². The second-order valence-electron chi connectivity index (χ2n) is 4.04. The lowest BCUT2D eigenvalue weighted by molar-refractivity contribution is -0.121. The molecule has 1 fully saturated rings. The predicted octanol–water partition coefficient (Wildman–Crippen LogP) is 3.17. The van der Waals surface area contributed by atoms with Crippen LogP contribution >= 0.6 is 0 Å². The molecule has 90 valence electrons. The van der Waals surface area contributed by atoms with Gasteiger partial charge >= 0.3 is 0 Å². The summed E-state index contributed by atoms with van der Waals surface area (Å²) in [6, 6.07) is 7.87. The maximum Gasteiger partial charge on any atom is 0.140 e. The van der Waals surface area contributed by atoms with E-state index in [2.05, 4.69) is 12.8 Å². The molecule has 2 nitrogen and oxygen atoms in total. The van der Waals surface area contributed by atoms with Crippen LogP contribution < -0.4 is 4.74 Å². The van der Waals surface area contributed by atoms with E-state index < -0.39 is 0 Å². The predicted molar refractivity (Wildman–Crippen MR) is 69.1 cm³/mol. The Kier molecular flexibility index (Phi) is 5.29. The Bertz CT molecular complexity index is 376. The zero-order valence-corrected chi connectivity index (χ0v) is 10.2. The first-order chi connectivity index (χ1) is 8.31. The van der Waals surface area contributed by atoms with E-state index >= 15 is 0 Å². The summed E-state index contributed by atoms with van der Waals surface area (Å²) >= 11 is 0. The number of methoxy groups -OCH3 is 1. The van der Waals surface area contributed by atoms with Crippen molar-refractivity contribution >= 4 is 5.78 Å². The van der Waals surface area contributed by atoms with Crippen molar-refractivity contribution in [2.75, 3.05) is 7.11 Å². The van der Waals surface area contributed by atoms with Gasteiger partial charge in [0.2, 0.25) is 0 Å². The fraction of sp³-hybridized carbons (Fsp3) is 0.400. The van der Waals surface area contributed by atoms with Crippen molar-refractivity contribution in [1.29, 1.82) is 0 Å². The van der Waals surface area contributed by atoms with Gasteiger partial charge in [0.25, 0.3) is 0 Å². The van der Waals surface area contributed by atoms with Crippen LogP contribution in [-0.4, -0.2) is 12.9 Å². The van der Waals surface area contributed by atoms with Crippen LogP contribution in [0, 0.1) is 12.8 Å². The SMILES string of the molecule is C#C.COc1ccc(C2CCCCC2=O)cc1. The Morgan fingerprint density at radius 2 is 1.82 bits per heavy atom. The maximum absolute atomic E-state index is 11.7. The van der Waals surface area contributed by atoms with Gasteiger partial charge in [-0.3, -0.25) is 4.79 Å². The van der Waals surface area contributed by atoms with E-state index in [-0.39, 0.29) is 5.92 Å². The molecule has 17 heavy (non-hydrogen) atoms. The van der Waals surface area contributed by atoms with E-state index in [0.29, 0.717) is 5.78 Å². The first-order valence-corrected chi connectivity index (χ1v) is 5.81. The molecule has 0 radical (unpaired) electrons. The molecule has 0 aromatic heterocycles. The number of carbonyl (C=O) groups excluding carboxylic acids is 1. The van der Waals surface area contributed by atoms with Crippen molar-refractivity contribution in [1.82, 2.24) is 0 Å². The summed E-state index contributed by atoms with van der Waals surface area (Å²) in [6.45, 7) is 0. The minimum Gasteiger partial charge on any atom is -0.497 e. The van der Waals surface area contributed by atoms with E-state index in [1.54, 1.807) is 7.11 Å². The number of ketones is 1. The highest BCUT2D eigenvalue weighted by molar-refractivity contribution is 5.86. The van der Waals surface area contributed by atoms with Crippen molar-refractivity contribution in [2.24, 2.45) is 0 Å². The van der Waals surface area contributed by atoms with Crippen LogP contribution in [0.3, 0.4) is 0 Å². The minimum absolute atomic E-state index is 0.129. The monoisotopic (exact) mass is 230 g/mol. The number of ether oxygens (including phenoxy) is 1. The second kappa shape index (κ2) is 6.75. The molecule has 1 unspecified atom stereocenters. The van der Waals surface area contributed by atoms with Gasteiger partial charge in [-0.1, -0.05) is 18.6 Å². The van der Waals surface area contributed by atoms with E-state index in [1.165, 1.54) is 6.42 Å². The maximum atomic E-state index is 11.7. The molecule has 1 aliphatic rings. The molecule has 0 aliphatic heterocycles. The van der Waals surface area contributed by atoms with Crippen LogP contribution in [0.15, 0.2) is 24.3 Å². The summed E-state index contributed by atoms with van der Waals surface area (Å²) in [5, 5.41) is 0. The van der Waals surface area contributed by atoms with E-state index in [0.717, 1.165) is 30.6 Å². The van der Waals surface area contributed by atoms with Crippen LogP contribution in [0.1, 0.15) is 37.2 Å². The summed E-state index contributed by atoms with van der Waals surface area (Å²) in [7, 11) is 1.65. The third-order valence-electron chi connectivity index (χ3n) is 3.07. The summed E-state index contributed by atoms with van der Waals surface area (Å²) in [5.41, 5.74) is 1.14. The fourth-order valence-electron chi connectivity index (χ4n) is 2.17. The number of carbonyl (C=O) groups is 1. The lowest BCUT2D eigenvalue weighted by Gasteiger charge is -2.20. The van der Waals surface area contributed by atoms with Gasteiger partial charge in [-0.25, -0.2) is 0 Å². The molecule has 2 heteroatoms. The van der Waals surface area contributed by atoms with E-state index in [9.17, 15) is 4.79 Å². The topological polar surface area (TPSA) is 26.3 Å². The summed E-state index contributed by atoms with van der Waals surface area (Å²) in [6.07, 6.45) is 12.0. The van der Waals surface area contributed by atoms with Crippen LogP contribution in [0.5, 0.6) is 5.75 Å². The Labute approximate surface area is 103 Å². The van der Waals surface area contributed by atoms with Crippen LogP contribution in [0.2, 0.25) is 0 Å². The quantitative estimate of drug-likeness (QED) is 0.729. The molecule has 0 N–H and O–H groups in total. The molecule has 1 aliphatic carbocycles. The fourth-order valence-corrected chi connectivity index (χ4v) is 2.17. The van der Waals surface area contributed by atoms with E-state index in [4.69, 9.17) is 4.74 Å². The number of rotatable bonds is 2. The molecule has 0 amide bonds. The molecule has 1 aromatic carbocycles. The molecule has 1 atom stereocenters. The lowest BCUT2D eigenvalue weighted by Crippen LogP contribution is -2.16. The average molecular weight is 230 g/mol. The van der Waals surface area contributed by atoms with Crippen LogP contribution in [-0.2, 0) is 4.79 Å². The molecular weight excluding hydrogens is 212 g/mol. The third-order valence-corrected chi connectivity index (χ3v) is 3.07. The first-order valence-electron chi connectivity index (χ1n) is 5.81. The Morgan fingerprint density at radius 1 is 1.18 bits per heavy atom. The highest BCUT2D eigenvalue weighted by Crippen LogP contribution is 2.30. The van der Waals surface area contributed by atoms with Crippen molar-refractivity contribution in [3.05, 3.63) is 29.8 Å². The Morgan fingerprint density at radius 3 is 2.35 bits per heavy atom. The summed E-state index contributed by atoms with van der Waals surface area (Å²) in [4.78, 5) is 11.7. The van der Waals surface area contributed by atoms with Crippen molar-refractivity contribution < 1.29 is 9.53 Å². The van der Waals surface area contributed by atoms with E-state index in [1.807, 2.05) is 24.3 Å². The van der Waals surface area contributed by atoms with Gasteiger partial charge in [0.1, 0.15) is 11.5 Å². The van der Waals surface area contributed by atoms with Gasteiger partial charge in [-0.05, 0) is 30.5 Å². The molecule has 1 aromatic rings. The van der Waals surface area contributed by atoms with Crippen molar-refractivity contribution in [2.45, 2.75) is 31.6 Å². The summed E-state index contributed by atoms with van der Waals surface area (Å²) in [5.74, 6) is 1.37. The Balaban J connectivity index is 0.000000686. The molecule has 0 spiro atoms. The molecular formula is C15H18O2. The average Bonchev–Trinajstić information content (AvgIpc) is 2.42. The molecule has 2 rings (SSSR count). The largest absolute Gasteiger partial charge is 0.497 e. The minimum atomic E-state index is 0.129. The highest BCUT2D eigenvalue weighted by atomic mass is 16.5. The number of benzene rings is 1. The zero-order chi connectivity index (χ0) is 12.7. The van der Waals surface area contributed by atoms with Crippen LogP contribution in [0.25, 0.3) is 0 Å². The normalized spacial score (nSPS) is 19.0. The van der Waals surface area contributed by atoms with Gasteiger partial charge in [0.05, 0.1) is 7.11 Å². The van der Waals surface area contributed by atoms with Gasteiger partial charge < -0.3 is 4.74 Å². The van der Waals surface area contributed by atoms with Crippen LogP contribution in [0.4, 0.5) is 0 Å². The van der Waals surface area contributed by atoms with Gasteiger partial charge in [0, 0.05) is 12.3 Å². The smallest absolute Gasteiger partial charge is 0.140 e. The van der Waals surface area contributed by atoms with Crippen molar-refractivity contribution in [3.8, 4) is 18.6 Å². The molecule has 1 saturated carbocycles. The molecule has 0 bridgehead atoms. The number of Topliss-reactive ketones (excluding diaryl/α,β-unsaturated/α-hetero) is 1. The summed E-state index contributed by atoms with van der Waals surface area (Å²) < 4.78 is 5.10.